The Hall–Kier alpha value is -8.50. The highest BCUT2D eigenvalue weighted by atomic mass is 35.5. The van der Waals surface area contributed by atoms with Crippen molar-refractivity contribution in [3.05, 3.63) is 211 Å². The molecule has 9 N–H and O–H groups in total. The van der Waals surface area contributed by atoms with E-state index < -0.39 is 53.2 Å². The van der Waals surface area contributed by atoms with Gasteiger partial charge in [0.25, 0.3) is 17.0 Å². The third kappa shape index (κ3) is 22.9. The molecular formula is C63H74Cl2N8O12. The van der Waals surface area contributed by atoms with E-state index in [1.165, 1.54) is 18.5 Å². The number of hydrogen-bond acceptors (Lipinski definition) is 14. The van der Waals surface area contributed by atoms with Gasteiger partial charge in [0.2, 0.25) is 0 Å². The standard InChI is InChI=1S/C30H31ClN4O5.C19H22ClNO3.C9H7N3O3.C4H10O.CH4/c1-19(2)18-40-30(39)26(36)16-24(14-20-9-11-21(12-10-20)22-6-5-7-23(31)15-22)33-29(38)25-17-28(37)35(34-25)27-8-3-4-13-32-27;1-2-24-19(23)18(22)12-17(21)10-13-6-8-14(9-7-13)15-4-3-5-16(20)11-15;13-8-5-6(9(14)15)11-12(8)7-3-1-2-4-10-7;1-4(2)3-5;/h3-13,15,17,19,24,26,34,36H,14,16,18H2,1-2H3,(H,33,38);3-9,11,17-18,22H,2,10,12,21H2,1H3;1-5,11H,(H,14,15);4-5H,3H2,1-2H3;1H4/t24-,26-;17-,18-;;;/m11.../s1. The van der Waals surface area contributed by atoms with Crippen molar-refractivity contribution in [1.82, 2.24) is 34.8 Å². The fourth-order valence-electron chi connectivity index (χ4n) is 7.79. The van der Waals surface area contributed by atoms with Crippen LogP contribution >= 0.6 is 23.2 Å². The van der Waals surface area contributed by atoms with Gasteiger partial charge in [0, 0.05) is 59.7 Å². The molecule has 22 heteroatoms. The third-order valence-corrected chi connectivity index (χ3v) is 12.5. The van der Waals surface area contributed by atoms with Crippen LogP contribution in [-0.4, -0.2) is 118 Å². The summed E-state index contributed by atoms with van der Waals surface area (Å²) in [6.45, 7) is 10.2. The molecule has 0 bridgehead atoms. The van der Waals surface area contributed by atoms with Crippen LogP contribution in [-0.2, 0) is 31.9 Å². The van der Waals surface area contributed by atoms with Crippen molar-refractivity contribution in [2.45, 2.75) is 92.0 Å². The first kappa shape index (κ1) is 69.0. The number of aromatic nitrogens is 6. The molecule has 0 spiro atoms. The van der Waals surface area contributed by atoms with E-state index in [1.807, 2.05) is 125 Å². The Morgan fingerprint density at radius 3 is 1.49 bits per heavy atom. The lowest BCUT2D eigenvalue weighted by Crippen LogP contribution is -2.41. The fourth-order valence-corrected chi connectivity index (χ4v) is 8.17. The van der Waals surface area contributed by atoms with Crippen molar-refractivity contribution in [2.75, 3.05) is 19.8 Å². The maximum Gasteiger partial charge on any atom is 0.353 e. The number of nitrogens with zero attached hydrogens (tertiary/aromatic N) is 4. The van der Waals surface area contributed by atoms with E-state index in [9.17, 15) is 39.0 Å². The molecule has 1 amide bonds. The molecule has 8 aromatic rings. The van der Waals surface area contributed by atoms with Crippen molar-refractivity contribution in [3.8, 4) is 33.9 Å². The molecule has 4 atom stereocenters. The Balaban J connectivity index is 0.000000289. The second-order valence-electron chi connectivity index (χ2n) is 20.0. The first-order chi connectivity index (χ1) is 40.1. The molecule has 85 heavy (non-hydrogen) atoms. The number of aromatic carboxylic acids is 1. The predicted molar refractivity (Wildman–Crippen MR) is 328 cm³/mol. The van der Waals surface area contributed by atoms with Crippen LogP contribution < -0.4 is 22.2 Å². The van der Waals surface area contributed by atoms with Crippen LogP contribution in [0.15, 0.2) is 168 Å². The van der Waals surface area contributed by atoms with Crippen LogP contribution in [0.1, 0.15) is 87.0 Å². The minimum Gasteiger partial charge on any atom is -0.477 e. The summed E-state index contributed by atoms with van der Waals surface area (Å²) >= 11 is 12.1. The summed E-state index contributed by atoms with van der Waals surface area (Å²) in [4.78, 5) is 79.5. The highest BCUT2D eigenvalue weighted by Crippen LogP contribution is 2.25. The molecule has 0 saturated heterocycles. The molecule has 4 aromatic heterocycles. The summed E-state index contributed by atoms with van der Waals surface area (Å²) in [6, 6.07) is 42.2. The highest BCUT2D eigenvalue weighted by Gasteiger charge is 2.26. The molecule has 8 rings (SSSR count). The fraction of sp³-hybridized carbons (Fsp3) is 0.302. The number of aromatic amines is 2. The molecule has 452 valence electrons. The van der Waals surface area contributed by atoms with Crippen LogP contribution in [0.4, 0.5) is 0 Å². The molecule has 4 heterocycles. The Morgan fingerprint density at radius 2 is 1.07 bits per heavy atom. The number of nitrogens with one attached hydrogen (secondary N) is 3. The number of hydrogen-bond donors (Lipinski definition) is 8. The number of pyridine rings is 2. The van der Waals surface area contributed by atoms with E-state index >= 15 is 0 Å². The van der Waals surface area contributed by atoms with Gasteiger partial charge in [0.1, 0.15) is 11.4 Å². The van der Waals surface area contributed by atoms with E-state index in [-0.39, 0.29) is 56.8 Å². The van der Waals surface area contributed by atoms with Gasteiger partial charge in [-0.1, -0.05) is 143 Å². The third-order valence-electron chi connectivity index (χ3n) is 12.0. The quantitative estimate of drug-likeness (QED) is 0.0312. The van der Waals surface area contributed by atoms with Gasteiger partial charge in [-0.2, -0.15) is 0 Å². The number of aliphatic hydroxyl groups is 3. The summed E-state index contributed by atoms with van der Waals surface area (Å²) in [7, 11) is 0. The minimum atomic E-state index is -1.44. The smallest absolute Gasteiger partial charge is 0.353 e. The first-order valence-corrected chi connectivity index (χ1v) is 27.7. The van der Waals surface area contributed by atoms with Crippen LogP contribution in [0.25, 0.3) is 33.9 Å². The first-order valence-electron chi connectivity index (χ1n) is 26.9. The Kier molecular flexibility index (Phi) is 28.4. The predicted octanol–water partition coefficient (Wildman–Crippen LogP) is 8.89. The SMILES string of the molecule is C.CC(C)CO.CC(C)COC(=O)[C@H](O)C[C@@H](Cc1ccc(-c2cccc(Cl)c2)cc1)NC(=O)c1cc(=O)n(-c2ccccn2)[nH]1.CCOC(=O)[C@H](O)C[C@H](N)Cc1ccc(-c2cccc(Cl)c2)cc1.O=C(O)c1cc(=O)n(-c2ccccn2)[nH]1. The van der Waals surface area contributed by atoms with Crippen molar-refractivity contribution < 1.29 is 49.1 Å². The molecule has 4 aromatic carbocycles. The maximum absolute atomic E-state index is 13.2. The van der Waals surface area contributed by atoms with Crippen LogP contribution in [0.3, 0.4) is 0 Å². The number of carbonyl (C=O) groups excluding carboxylic acids is 3. The van der Waals surface area contributed by atoms with Gasteiger partial charge in [0.05, 0.1) is 13.2 Å². The minimum absolute atomic E-state index is 0. The summed E-state index contributed by atoms with van der Waals surface area (Å²) < 4.78 is 12.2. The number of nitrogens with two attached hydrogens (primary N) is 1. The summed E-state index contributed by atoms with van der Waals surface area (Å²) in [5, 5.41) is 46.5. The van der Waals surface area contributed by atoms with Crippen molar-refractivity contribution in [3.63, 3.8) is 0 Å². The lowest BCUT2D eigenvalue weighted by Gasteiger charge is -2.21. The number of esters is 2. The average molecular weight is 1210 g/mol. The lowest BCUT2D eigenvalue weighted by molar-refractivity contribution is -0.155. The zero-order chi connectivity index (χ0) is 61.3. The van der Waals surface area contributed by atoms with Crippen LogP contribution in [0, 0.1) is 11.8 Å². The molecular weight excluding hydrogens is 1130 g/mol. The molecule has 0 radical (unpaired) electrons. The van der Waals surface area contributed by atoms with Gasteiger partial charge >= 0.3 is 17.9 Å². The number of ether oxygens (including phenoxy) is 2. The normalized spacial score (nSPS) is 12.1. The van der Waals surface area contributed by atoms with E-state index in [0.717, 1.165) is 48.8 Å². The lowest BCUT2D eigenvalue weighted by atomic mass is 9.97. The second kappa shape index (κ2) is 34.9. The number of carbonyl (C=O) groups is 4. The van der Waals surface area contributed by atoms with Crippen LogP contribution in [0.2, 0.25) is 10.0 Å². The van der Waals surface area contributed by atoms with Gasteiger partial charge in [-0.15, -0.1) is 0 Å². The number of aliphatic hydroxyl groups excluding tert-OH is 3. The van der Waals surface area contributed by atoms with Gasteiger partial charge in [0.15, 0.2) is 23.8 Å². The molecule has 0 aliphatic carbocycles. The van der Waals surface area contributed by atoms with Gasteiger partial charge < -0.3 is 41.0 Å². The summed E-state index contributed by atoms with van der Waals surface area (Å²) in [6.07, 6.45) is 1.43. The zero-order valence-electron chi connectivity index (χ0n) is 47.1. The maximum atomic E-state index is 13.2. The highest BCUT2D eigenvalue weighted by molar-refractivity contribution is 6.31. The number of halogens is 2. The molecule has 20 nitrogen and oxygen atoms in total. The summed E-state index contributed by atoms with van der Waals surface area (Å²) in [5.41, 5.74) is 11.0. The monoisotopic (exact) mass is 1200 g/mol. The zero-order valence-corrected chi connectivity index (χ0v) is 48.6. The topological polar surface area (TPSA) is 307 Å². The van der Waals surface area contributed by atoms with Gasteiger partial charge in [-0.05, 0) is 120 Å². The number of amides is 1. The number of benzene rings is 4. The molecule has 0 unspecified atom stereocenters. The second-order valence-corrected chi connectivity index (χ2v) is 20.8. The Bertz CT molecular complexity index is 3460. The van der Waals surface area contributed by atoms with Crippen LogP contribution in [0.5, 0.6) is 0 Å². The Morgan fingerprint density at radius 1 is 0.612 bits per heavy atom. The number of carboxylic acid groups (broad SMARTS) is 1. The molecule has 0 saturated carbocycles. The average Bonchev–Trinajstić information content (AvgIpc) is 3.50. The van der Waals surface area contributed by atoms with E-state index in [2.05, 4.69) is 25.5 Å². The summed E-state index contributed by atoms with van der Waals surface area (Å²) in [5.74, 6) is -1.86. The van der Waals surface area contributed by atoms with Crippen molar-refractivity contribution in [1.29, 1.82) is 0 Å². The van der Waals surface area contributed by atoms with Crippen molar-refractivity contribution in [2.24, 2.45) is 17.6 Å². The number of carboxylic acids is 1. The van der Waals surface area contributed by atoms with E-state index in [4.69, 9.17) is 48.6 Å². The largest absolute Gasteiger partial charge is 0.477 e. The van der Waals surface area contributed by atoms with Crippen molar-refractivity contribution >= 4 is 47.0 Å². The number of rotatable bonds is 21. The number of H-pyrrole nitrogens is 2. The molecule has 0 fully saturated rings. The molecule has 0 aliphatic rings. The molecule has 0 aliphatic heterocycles. The van der Waals surface area contributed by atoms with Gasteiger partial charge in [-0.25, -0.2) is 33.7 Å². The van der Waals surface area contributed by atoms with E-state index in [0.29, 0.717) is 47.0 Å². The van der Waals surface area contributed by atoms with E-state index in [1.54, 1.807) is 43.3 Å². The van der Waals surface area contributed by atoms with Gasteiger partial charge in [-0.3, -0.25) is 24.6 Å². The Labute approximate surface area is 503 Å².